The minimum Gasteiger partial charge on any atom is -0.395 e. The average Bonchev–Trinajstić information content (AvgIpc) is 3.21. The highest BCUT2D eigenvalue weighted by Crippen LogP contribution is 2.41. The van der Waals surface area contributed by atoms with Crippen molar-refractivity contribution >= 4 is 28.9 Å². The van der Waals surface area contributed by atoms with Crippen molar-refractivity contribution in [3.63, 3.8) is 0 Å². The predicted molar refractivity (Wildman–Crippen MR) is 124 cm³/mol. The number of thiocarbonyl (C=S) groups is 1. The highest BCUT2D eigenvalue weighted by molar-refractivity contribution is 7.80. The van der Waals surface area contributed by atoms with Crippen LogP contribution in [-0.2, 0) is 0 Å². The number of aliphatic hydroxyl groups is 1. The molecule has 1 saturated heterocycles. The van der Waals surface area contributed by atoms with Crippen molar-refractivity contribution in [2.24, 2.45) is 0 Å². The van der Waals surface area contributed by atoms with Gasteiger partial charge in [-0.25, -0.2) is 0 Å². The van der Waals surface area contributed by atoms with Crippen LogP contribution in [0.3, 0.4) is 0 Å². The number of aliphatic hydroxyl groups excluding tert-OH is 1. The molecule has 5 nitrogen and oxygen atoms in total. The van der Waals surface area contributed by atoms with Crippen LogP contribution >= 0.6 is 23.8 Å². The molecule has 1 fully saturated rings. The normalized spacial score (nSPS) is 18.7. The fourth-order valence-corrected chi connectivity index (χ4v) is 4.89. The van der Waals surface area contributed by atoms with Gasteiger partial charge < -0.3 is 19.9 Å². The van der Waals surface area contributed by atoms with E-state index >= 15 is 0 Å². The molecule has 0 spiro atoms. The minimum absolute atomic E-state index is 0.0272. The SMILES string of the molecule is Cc1c(Cl)cccc1-n1c(C)cc([C@@H]2[C@H](c3ccccn3)NC(=S)N2CCO)c1C. The van der Waals surface area contributed by atoms with Gasteiger partial charge >= 0.3 is 0 Å². The van der Waals surface area contributed by atoms with Crippen molar-refractivity contribution in [1.82, 2.24) is 19.8 Å². The molecule has 1 aliphatic heterocycles. The van der Waals surface area contributed by atoms with Gasteiger partial charge in [-0.15, -0.1) is 0 Å². The molecule has 7 heteroatoms. The van der Waals surface area contributed by atoms with Gasteiger partial charge in [-0.2, -0.15) is 0 Å². The zero-order valence-electron chi connectivity index (χ0n) is 17.3. The van der Waals surface area contributed by atoms with E-state index < -0.39 is 0 Å². The maximum absolute atomic E-state index is 9.68. The Labute approximate surface area is 187 Å². The first-order chi connectivity index (χ1) is 14.4. The van der Waals surface area contributed by atoms with Gasteiger partial charge in [0, 0.05) is 34.8 Å². The van der Waals surface area contributed by atoms with Gasteiger partial charge in [-0.1, -0.05) is 23.7 Å². The maximum Gasteiger partial charge on any atom is 0.170 e. The number of hydrogen-bond donors (Lipinski definition) is 2. The molecule has 3 aromatic rings. The molecule has 0 saturated carbocycles. The number of pyridine rings is 1. The van der Waals surface area contributed by atoms with Crippen LogP contribution in [0.2, 0.25) is 5.02 Å². The van der Waals surface area contributed by atoms with E-state index in [2.05, 4.69) is 45.7 Å². The van der Waals surface area contributed by atoms with Crippen molar-refractivity contribution in [1.29, 1.82) is 0 Å². The van der Waals surface area contributed by atoms with Crippen molar-refractivity contribution in [3.8, 4) is 5.69 Å². The van der Waals surface area contributed by atoms with E-state index in [4.69, 9.17) is 23.8 Å². The van der Waals surface area contributed by atoms with Gasteiger partial charge in [0.2, 0.25) is 0 Å². The average molecular weight is 441 g/mol. The molecule has 0 unspecified atom stereocenters. The van der Waals surface area contributed by atoms with E-state index in [1.165, 1.54) is 0 Å². The molecule has 2 N–H and O–H groups in total. The number of rotatable bonds is 5. The summed E-state index contributed by atoms with van der Waals surface area (Å²) >= 11 is 12.0. The fraction of sp³-hybridized carbons (Fsp3) is 0.304. The predicted octanol–water partition coefficient (Wildman–Crippen LogP) is 4.42. The Morgan fingerprint density at radius 2 is 1.97 bits per heavy atom. The standard InChI is InChI=1S/C23H25ClN4OS/c1-14-13-17(16(3)28(14)20-9-6-7-18(24)15(20)2)22-21(19-8-4-5-10-25-19)26-23(30)27(22)11-12-29/h4-10,13,21-22,29H,11-12H2,1-3H3,(H,26,30)/t21-,22+/m0/s1. The molecule has 0 radical (unpaired) electrons. The van der Waals surface area contributed by atoms with Crippen LogP contribution in [0, 0.1) is 20.8 Å². The maximum atomic E-state index is 9.68. The Morgan fingerprint density at radius 1 is 1.17 bits per heavy atom. The summed E-state index contributed by atoms with van der Waals surface area (Å²) in [6, 6.07) is 13.9. The minimum atomic E-state index is -0.0975. The van der Waals surface area contributed by atoms with E-state index in [9.17, 15) is 5.11 Å². The number of β-amino-alcohol motifs (C(OH)–C–C–N with tert-alkyl or cyclic N) is 1. The molecule has 0 aliphatic carbocycles. The highest BCUT2D eigenvalue weighted by Gasteiger charge is 2.41. The molecule has 1 aliphatic rings. The number of benzene rings is 1. The molecule has 4 rings (SSSR count). The van der Waals surface area contributed by atoms with E-state index in [0.717, 1.165) is 38.9 Å². The second-order valence-corrected chi connectivity index (χ2v) is 8.38. The first kappa shape index (κ1) is 20.8. The number of halogens is 1. The monoisotopic (exact) mass is 440 g/mol. The third-order valence-corrected chi connectivity index (χ3v) is 6.57. The van der Waals surface area contributed by atoms with Crippen molar-refractivity contribution in [2.75, 3.05) is 13.2 Å². The Balaban J connectivity index is 1.86. The van der Waals surface area contributed by atoms with Gasteiger partial charge in [-0.05, 0) is 74.4 Å². The van der Waals surface area contributed by atoms with E-state index in [-0.39, 0.29) is 18.7 Å². The summed E-state index contributed by atoms with van der Waals surface area (Å²) in [7, 11) is 0. The lowest BCUT2D eigenvalue weighted by Gasteiger charge is -2.27. The number of nitrogens with one attached hydrogen (secondary N) is 1. The largest absolute Gasteiger partial charge is 0.395 e. The molecule has 1 aromatic carbocycles. The summed E-state index contributed by atoms with van der Waals surface area (Å²) in [5.41, 5.74) is 6.44. The molecule has 3 heterocycles. The summed E-state index contributed by atoms with van der Waals surface area (Å²) < 4.78 is 2.24. The van der Waals surface area contributed by atoms with Crippen LogP contribution in [0.25, 0.3) is 5.69 Å². The summed E-state index contributed by atoms with van der Waals surface area (Å²) in [4.78, 5) is 6.63. The number of aromatic nitrogens is 2. The van der Waals surface area contributed by atoms with Crippen LogP contribution < -0.4 is 5.32 Å². The lowest BCUT2D eigenvalue weighted by Crippen LogP contribution is -2.32. The zero-order valence-corrected chi connectivity index (χ0v) is 18.8. The van der Waals surface area contributed by atoms with Crippen molar-refractivity contribution < 1.29 is 5.11 Å². The molecule has 156 valence electrons. The first-order valence-electron chi connectivity index (χ1n) is 9.97. The first-order valence-corrected chi connectivity index (χ1v) is 10.8. The van der Waals surface area contributed by atoms with Crippen LogP contribution in [0.4, 0.5) is 0 Å². The lowest BCUT2D eigenvalue weighted by molar-refractivity contribution is 0.223. The van der Waals surface area contributed by atoms with Gasteiger partial charge in [0.15, 0.2) is 5.11 Å². The lowest BCUT2D eigenvalue weighted by atomic mass is 9.97. The van der Waals surface area contributed by atoms with Gasteiger partial charge in [-0.3, -0.25) is 4.98 Å². The third kappa shape index (κ3) is 3.49. The molecule has 2 aromatic heterocycles. The molecule has 2 atom stereocenters. The van der Waals surface area contributed by atoms with Crippen LogP contribution in [0.1, 0.15) is 40.3 Å². The molecule has 0 bridgehead atoms. The van der Waals surface area contributed by atoms with Gasteiger partial charge in [0.1, 0.15) is 0 Å². The Morgan fingerprint density at radius 3 is 2.67 bits per heavy atom. The molecule has 0 amide bonds. The topological polar surface area (TPSA) is 53.3 Å². The smallest absolute Gasteiger partial charge is 0.170 e. The molecule has 30 heavy (non-hydrogen) atoms. The zero-order chi connectivity index (χ0) is 21.4. The summed E-state index contributed by atoms with van der Waals surface area (Å²) in [6.45, 7) is 6.75. The molecular formula is C23H25ClN4OS. The molecular weight excluding hydrogens is 416 g/mol. The van der Waals surface area contributed by atoms with Crippen LogP contribution in [-0.4, -0.2) is 37.8 Å². The summed E-state index contributed by atoms with van der Waals surface area (Å²) in [6.07, 6.45) is 1.80. The second-order valence-electron chi connectivity index (χ2n) is 7.59. The third-order valence-electron chi connectivity index (χ3n) is 5.81. The quantitative estimate of drug-likeness (QED) is 0.575. The Kier molecular flexibility index (Phi) is 5.82. The van der Waals surface area contributed by atoms with Gasteiger partial charge in [0.05, 0.1) is 24.4 Å². The van der Waals surface area contributed by atoms with Crippen LogP contribution in [0.5, 0.6) is 0 Å². The fourth-order valence-electron chi connectivity index (χ4n) is 4.39. The Hall–Kier alpha value is -2.41. The Bertz CT molecular complexity index is 1080. The van der Waals surface area contributed by atoms with E-state index in [0.29, 0.717) is 11.7 Å². The second kappa shape index (κ2) is 8.38. The number of aryl methyl sites for hydroxylation is 1. The van der Waals surface area contributed by atoms with E-state index in [1.54, 1.807) is 6.20 Å². The van der Waals surface area contributed by atoms with Crippen molar-refractivity contribution in [3.05, 3.63) is 81.9 Å². The van der Waals surface area contributed by atoms with Crippen molar-refractivity contribution in [2.45, 2.75) is 32.9 Å². The number of hydrogen-bond acceptors (Lipinski definition) is 3. The highest BCUT2D eigenvalue weighted by atomic mass is 35.5. The van der Waals surface area contributed by atoms with Gasteiger partial charge in [0.25, 0.3) is 0 Å². The summed E-state index contributed by atoms with van der Waals surface area (Å²) in [5.74, 6) is 0. The van der Waals surface area contributed by atoms with E-state index in [1.807, 2.05) is 37.3 Å². The number of nitrogens with zero attached hydrogens (tertiary/aromatic N) is 3. The summed E-state index contributed by atoms with van der Waals surface area (Å²) in [5, 5.41) is 14.5. The van der Waals surface area contributed by atoms with Crippen LogP contribution in [0.15, 0.2) is 48.7 Å².